The Balaban J connectivity index is 2.82. The largest absolute Gasteiger partial charge is 0.249 e. The predicted octanol–water partition coefficient (Wildman–Crippen LogP) is 3.03. The molecule has 0 fully saturated rings. The number of hydrogen-bond acceptors (Lipinski definition) is 1. The summed E-state index contributed by atoms with van der Waals surface area (Å²) in [5.41, 5.74) is 1.37. The van der Waals surface area contributed by atoms with E-state index < -0.39 is 0 Å². The molecule has 0 aromatic heterocycles. The molecule has 54 valence electrons. The van der Waals surface area contributed by atoms with E-state index in [2.05, 4.69) is 33.9 Å². The number of aliphatic imine (C=N–C) groups is 1. The molecule has 1 rings (SSSR count). The second-order valence-corrected chi connectivity index (χ2v) is 2.91. The Hall–Kier alpha value is -0.370. The third kappa shape index (κ3) is 1.81. The fourth-order valence-electron chi connectivity index (χ4n) is 0.845. The molecule has 10 heavy (non-hydrogen) atoms. The van der Waals surface area contributed by atoms with Crippen molar-refractivity contribution in [2.75, 3.05) is 0 Å². The molecule has 0 radical (unpaired) electrons. The van der Waals surface area contributed by atoms with Gasteiger partial charge in [0.1, 0.15) is 4.61 Å². The number of allylic oxidation sites excluding steroid dienone is 3. The van der Waals surface area contributed by atoms with Gasteiger partial charge < -0.3 is 0 Å². The van der Waals surface area contributed by atoms with Gasteiger partial charge in [0.2, 0.25) is 0 Å². The standard InChI is InChI=1S/C8H10BrN/c1-2-7-5-3-4-6-10-8(7)9/h3-4,6H,2,5H2,1H3. The summed E-state index contributed by atoms with van der Waals surface area (Å²) in [6.07, 6.45) is 8.01. The Labute approximate surface area is 69.7 Å². The van der Waals surface area contributed by atoms with Gasteiger partial charge in [0.05, 0.1) is 0 Å². The molecule has 1 aliphatic rings. The van der Waals surface area contributed by atoms with Crippen LogP contribution >= 0.6 is 15.9 Å². The van der Waals surface area contributed by atoms with Crippen molar-refractivity contribution < 1.29 is 0 Å². The Morgan fingerprint density at radius 3 is 3.20 bits per heavy atom. The minimum absolute atomic E-state index is 1.00. The lowest BCUT2D eigenvalue weighted by atomic mass is 10.1. The molecule has 0 saturated carbocycles. The average Bonchev–Trinajstić information content (AvgIpc) is 2.13. The first-order chi connectivity index (χ1) is 4.84. The maximum Gasteiger partial charge on any atom is 0.105 e. The smallest absolute Gasteiger partial charge is 0.105 e. The van der Waals surface area contributed by atoms with Crippen LogP contribution in [0.5, 0.6) is 0 Å². The third-order valence-corrected chi connectivity index (χ3v) is 2.26. The Morgan fingerprint density at radius 2 is 2.50 bits per heavy atom. The molecule has 0 N–H and O–H groups in total. The SMILES string of the molecule is CCC1=C(Br)N=CC=CC1. The summed E-state index contributed by atoms with van der Waals surface area (Å²) < 4.78 is 1.00. The first-order valence-corrected chi connectivity index (χ1v) is 4.20. The normalized spacial score (nSPS) is 17.8. The molecular formula is C8H10BrN. The summed E-state index contributed by atoms with van der Waals surface area (Å²) in [6.45, 7) is 2.14. The molecule has 0 aromatic rings. The van der Waals surface area contributed by atoms with Gasteiger partial charge >= 0.3 is 0 Å². The molecular weight excluding hydrogens is 190 g/mol. The van der Waals surface area contributed by atoms with E-state index in [4.69, 9.17) is 0 Å². The Kier molecular flexibility index (Phi) is 2.87. The summed E-state index contributed by atoms with van der Waals surface area (Å²) >= 11 is 3.41. The maximum atomic E-state index is 4.16. The lowest BCUT2D eigenvalue weighted by Gasteiger charge is -1.98. The van der Waals surface area contributed by atoms with Crippen LogP contribution in [0.4, 0.5) is 0 Å². The zero-order chi connectivity index (χ0) is 7.40. The van der Waals surface area contributed by atoms with Crippen molar-refractivity contribution in [2.24, 2.45) is 4.99 Å². The Morgan fingerprint density at radius 1 is 1.70 bits per heavy atom. The first-order valence-electron chi connectivity index (χ1n) is 3.41. The summed E-state index contributed by atoms with van der Waals surface area (Å²) in [5, 5.41) is 0. The number of rotatable bonds is 1. The summed E-state index contributed by atoms with van der Waals surface area (Å²) in [4.78, 5) is 4.16. The monoisotopic (exact) mass is 199 g/mol. The average molecular weight is 200 g/mol. The van der Waals surface area contributed by atoms with Gasteiger partial charge in [-0.15, -0.1) is 0 Å². The fourth-order valence-corrected chi connectivity index (χ4v) is 1.41. The van der Waals surface area contributed by atoms with Crippen molar-refractivity contribution in [2.45, 2.75) is 19.8 Å². The van der Waals surface area contributed by atoms with Gasteiger partial charge in [0.15, 0.2) is 0 Å². The van der Waals surface area contributed by atoms with E-state index in [9.17, 15) is 0 Å². The van der Waals surface area contributed by atoms with Gasteiger partial charge in [-0.3, -0.25) is 0 Å². The Bertz CT molecular complexity index is 201. The first kappa shape index (κ1) is 7.73. The van der Waals surface area contributed by atoms with E-state index >= 15 is 0 Å². The van der Waals surface area contributed by atoms with Gasteiger partial charge in [-0.25, -0.2) is 4.99 Å². The number of nitrogens with zero attached hydrogens (tertiary/aromatic N) is 1. The zero-order valence-electron chi connectivity index (χ0n) is 5.97. The topological polar surface area (TPSA) is 12.4 Å². The molecule has 1 aliphatic heterocycles. The van der Waals surface area contributed by atoms with Crippen LogP contribution in [0.15, 0.2) is 27.3 Å². The van der Waals surface area contributed by atoms with Gasteiger partial charge in [-0.05, 0) is 40.4 Å². The molecule has 0 unspecified atom stereocenters. The maximum absolute atomic E-state index is 4.16. The van der Waals surface area contributed by atoms with Crippen LogP contribution in [0.2, 0.25) is 0 Å². The van der Waals surface area contributed by atoms with Gasteiger partial charge in [0, 0.05) is 6.21 Å². The van der Waals surface area contributed by atoms with Crippen LogP contribution in [0.1, 0.15) is 19.8 Å². The van der Waals surface area contributed by atoms with Gasteiger partial charge in [0.25, 0.3) is 0 Å². The van der Waals surface area contributed by atoms with Crippen LogP contribution in [0, 0.1) is 0 Å². The van der Waals surface area contributed by atoms with Crippen molar-refractivity contribution in [1.29, 1.82) is 0 Å². The highest BCUT2D eigenvalue weighted by atomic mass is 79.9. The molecule has 1 nitrogen and oxygen atoms in total. The van der Waals surface area contributed by atoms with Crippen molar-refractivity contribution in [1.82, 2.24) is 0 Å². The van der Waals surface area contributed by atoms with Crippen molar-refractivity contribution in [3.8, 4) is 0 Å². The lowest BCUT2D eigenvalue weighted by Crippen LogP contribution is -1.79. The van der Waals surface area contributed by atoms with E-state index in [1.165, 1.54) is 5.57 Å². The van der Waals surface area contributed by atoms with Crippen LogP contribution < -0.4 is 0 Å². The lowest BCUT2D eigenvalue weighted by molar-refractivity contribution is 1.02. The quantitative estimate of drug-likeness (QED) is 0.577. The fraction of sp³-hybridized carbons (Fsp3) is 0.375. The summed E-state index contributed by atoms with van der Waals surface area (Å²) in [7, 11) is 0. The predicted molar refractivity (Wildman–Crippen MR) is 48.5 cm³/mol. The van der Waals surface area contributed by atoms with Crippen LogP contribution in [0.25, 0.3) is 0 Å². The van der Waals surface area contributed by atoms with E-state index in [0.717, 1.165) is 17.4 Å². The van der Waals surface area contributed by atoms with Crippen LogP contribution in [-0.2, 0) is 0 Å². The van der Waals surface area contributed by atoms with Crippen molar-refractivity contribution in [3.63, 3.8) is 0 Å². The van der Waals surface area contributed by atoms with Crippen molar-refractivity contribution >= 4 is 22.1 Å². The second-order valence-electron chi connectivity index (χ2n) is 2.16. The van der Waals surface area contributed by atoms with E-state index in [1.807, 2.05) is 12.3 Å². The minimum Gasteiger partial charge on any atom is -0.249 e. The van der Waals surface area contributed by atoms with Crippen LogP contribution in [-0.4, -0.2) is 6.21 Å². The van der Waals surface area contributed by atoms with Gasteiger partial charge in [-0.1, -0.05) is 13.0 Å². The molecule has 0 atom stereocenters. The second kappa shape index (κ2) is 3.71. The molecule has 0 saturated heterocycles. The summed E-state index contributed by atoms with van der Waals surface area (Å²) in [6, 6.07) is 0. The van der Waals surface area contributed by atoms with Crippen LogP contribution in [0.3, 0.4) is 0 Å². The molecule has 0 aromatic carbocycles. The molecule has 0 bridgehead atoms. The molecule has 2 heteroatoms. The van der Waals surface area contributed by atoms with E-state index in [0.29, 0.717) is 0 Å². The highest BCUT2D eigenvalue weighted by molar-refractivity contribution is 9.11. The third-order valence-electron chi connectivity index (χ3n) is 1.49. The summed E-state index contributed by atoms with van der Waals surface area (Å²) in [5.74, 6) is 0. The van der Waals surface area contributed by atoms with Gasteiger partial charge in [-0.2, -0.15) is 0 Å². The minimum atomic E-state index is 1.00. The highest BCUT2D eigenvalue weighted by Crippen LogP contribution is 2.21. The number of halogens is 1. The highest BCUT2D eigenvalue weighted by Gasteiger charge is 1.99. The van der Waals surface area contributed by atoms with E-state index in [1.54, 1.807) is 0 Å². The molecule has 0 amide bonds. The molecule has 1 heterocycles. The van der Waals surface area contributed by atoms with E-state index in [-0.39, 0.29) is 0 Å². The zero-order valence-corrected chi connectivity index (χ0v) is 7.56. The molecule has 0 aliphatic carbocycles. The van der Waals surface area contributed by atoms with Crippen molar-refractivity contribution in [3.05, 3.63) is 22.3 Å². The molecule has 0 spiro atoms. The number of hydrogen-bond donors (Lipinski definition) is 0.